The molecule has 0 saturated heterocycles. The number of aryl methyl sites for hydroxylation is 1. The Labute approximate surface area is 118 Å². The molecule has 96 valence electrons. The molecule has 0 spiro atoms. The monoisotopic (exact) mass is 289 g/mol. The van der Waals surface area contributed by atoms with Crippen molar-refractivity contribution in [1.29, 1.82) is 0 Å². The zero-order valence-corrected chi connectivity index (χ0v) is 11.8. The van der Waals surface area contributed by atoms with Gasteiger partial charge in [-0.25, -0.2) is 4.98 Å². The molecule has 0 fully saturated rings. The number of nitrogens with zero attached hydrogens (tertiary/aromatic N) is 2. The lowest BCUT2D eigenvalue weighted by molar-refractivity contribution is 0.730. The fourth-order valence-electron chi connectivity index (χ4n) is 1.95. The molecule has 0 amide bonds. The van der Waals surface area contributed by atoms with Gasteiger partial charge in [0.05, 0.1) is 17.4 Å². The zero-order chi connectivity index (χ0) is 13.4. The topological polar surface area (TPSA) is 50.7 Å². The van der Waals surface area contributed by atoms with Crippen LogP contribution < -0.4 is 5.56 Å². The number of nitrogens with one attached hydrogen (secondary N) is 1. The molecule has 0 aliphatic heterocycles. The molecule has 1 N–H and O–H groups in total. The van der Waals surface area contributed by atoms with Gasteiger partial charge in [-0.15, -0.1) is 11.3 Å². The van der Waals surface area contributed by atoms with Crippen LogP contribution in [-0.4, -0.2) is 14.5 Å². The molecular formula is C13H11N3OS2. The standard InChI is InChI=1S/C13H11N3OS2/c1-8-6-14-11(19-8)7-16-12(17)9-4-2-3-5-10(9)15-13(16)18/h2-6H,7H2,1H3,(H,15,18). The average molecular weight is 289 g/mol. The van der Waals surface area contributed by atoms with E-state index in [1.54, 1.807) is 28.2 Å². The molecule has 0 unspecified atom stereocenters. The van der Waals surface area contributed by atoms with Gasteiger partial charge in [0, 0.05) is 11.1 Å². The number of rotatable bonds is 2. The highest BCUT2D eigenvalue weighted by molar-refractivity contribution is 7.71. The third-order valence-corrected chi connectivity index (χ3v) is 4.07. The first-order valence-corrected chi connectivity index (χ1v) is 7.01. The number of H-pyrrole nitrogens is 1. The number of aromatic nitrogens is 3. The summed E-state index contributed by atoms with van der Waals surface area (Å²) in [7, 11) is 0. The lowest BCUT2D eigenvalue weighted by Crippen LogP contribution is -2.22. The summed E-state index contributed by atoms with van der Waals surface area (Å²) in [5.74, 6) is 0. The molecule has 19 heavy (non-hydrogen) atoms. The van der Waals surface area contributed by atoms with Crippen molar-refractivity contribution in [3.8, 4) is 0 Å². The quantitative estimate of drug-likeness (QED) is 0.738. The number of fused-ring (bicyclic) bond motifs is 1. The van der Waals surface area contributed by atoms with Crippen LogP contribution in [0.25, 0.3) is 10.9 Å². The van der Waals surface area contributed by atoms with Crippen LogP contribution in [0.1, 0.15) is 9.88 Å². The average Bonchev–Trinajstić information content (AvgIpc) is 2.80. The van der Waals surface area contributed by atoms with E-state index in [1.165, 1.54) is 0 Å². The van der Waals surface area contributed by atoms with Crippen molar-refractivity contribution in [2.75, 3.05) is 0 Å². The molecule has 0 radical (unpaired) electrons. The summed E-state index contributed by atoms with van der Waals surface area (Å²) in [6, 6.07) is 7.37. The molecule has 0 saturated carbocycles. The van der Waals surface area contributed by atoms with E-state index >= 15 is 0 Å². The molecule has 2 heterocycles. The van der Waals surface area contributed by atoms with Crippen molar-refractivity contribution in [2.45, 2.75) is 13.5 Å². The predicted molar refractivity (Wildman–Crippen MR) is 79.3 cm³/mol. The van der Waals surface area contributed by atoms with Crippen molar-refractivity contribution < 1.29 is 0 Å². The lowest BCUT2D eigenvalue weighted by Gasteiger charge is -2.05. The van der Waals surface area contributed by atoms with Crippen molar-refractivity contribution in [1.82, 2.24) is 14.5 Å². The Kier molecular flexibility index (Phi) is 3.04. The van der Waals surface area contributed by atoms with E-state index in [-0.39, 0.29) is 5.56 Å². The van der Waals surface area contributed by atoms with Gasteiger partial charge in [0.15, 0.2) is 4.77 Å². The minimum absolute atomic E-state index is 0.0767. The van der Waals surface area contributed by atoms with Crippen LogP contribution in [0.3, 0.4) is 0 Å². The van der Waals surface area contributed by atoms with Crippen molar-refractivity contribution >= 4 is 34.5 Å². The molecule has 4 nitrogen and oxygen atoms in total. The maximum atomic E-state index is 12.4. The first-order chi connectivity index (χ1) is 9.15. The number of benzene rings is 1. The molecular weight excluding hydrogens is 278 g/mol. The Hall–Kier alpha value is -1.79. The smallest absolute Gasteiger partial charge is 0.262 e. The van der Waals surface area contributed by atoms with Gasteiger partial charge in [0.1, 0.15) is 5.01 Å². The third kappa shape index (κ3) is 2.24. The Morgan fingerprint density at radius 2 is 2.21 bits per heavy atom. The van der Waals surface area contributed by atoms with E-state index in [0.29, 0.717) is 16.7 Å². The van der Waals surface area contributed by atoms with E-state index in [1.807, 2.05) is 25.1 Å². The van der Waals surface area contributed by atoms with Crippen molar-refractivity contribution in [3.05, 3.63) is 55.5 Å². The second-order valence-corrected chi connectivity index (χ2v) is 5.94. The normalized spacial score (nSPS) is 11.0. The van der Waals surface area contributed by atoms with E-state index in [2.05, 4.69) is 9.97 Å². The molecule has 1 aromatic carbocycles. The number of hydrogen-bond acceptors (Lipinski definition) is 4. The zero-order valence-electron chi connectivity index (χ0n) is 10.2. The maximum absolute atomic E-state index is 12.4. The van der Waals surface area contributed by atoms with Gasteiger partial charge in [-0.05, 0) is 31.3 Å². The third-order valence-electron chi connectivity index (χ3n) is 2.85. The fourth-order valence-corrected chi connectivity index (χ4v) is 2.99. The van der Waals surface area contributed by atoms with Gasteiger partial charge >= 0.3 is 0 Å². The van der Waals surface area contributed by atoms with Gasteiger partial charge in [-0.3, -0.25) is 9.36 Å². The maximum Gasteiger partial charge on any atom is 0.262 e. The summed E-state index contributed by atoms with van der Waals surface area (Å²) >= 11 is 6.83. The predicted octanol–water partition coefficient (Wildman–Crippen LogP) is 2.87. The van der Waals surface area contributed by atoms with E-state index in [0.717, 1.165) is 15.4 Å². The molecule has 0 aliphatic carbocycles. The first-order valence-electron chi connectivity index (χ1n) is 5.78. The van der Waals surface area contributed by atoms with Crippen LogP contribution in [0.5, 0.6) is 0 Å². The number of hydrogen-bond donors (Lipinski definition) is 1. The molecule has 0 aliphatic rings. The minimum atomic E-state index is -0.0767. The highest BCUT2D eigenvalue weighted by Gasteiger charge is 2.07. The van der Waals surface area contributed by atoms with Crippen LogP contribution >= 0.6 is 23.6 Å². The summed E-state index contributed by atoms with van der Waals surface area (Å²) in [5.41, 5.74) is 0.691. The lowest BCUT2D eigenvalue weighted by atomic mass is 10.2. The largest absolute Gasteiger partial charge is 0.332 e. The van der Waals surface area contributed by atoms with Crippen LogP contribution in [0.2, 0.25) is 0 Å². The Bertz CT molecular complexity index is 860. The van der Waals surface area contributed by atoms with Gasteiger partial charge in [0.25, 0.3) is 5.56 Å². The van der Waals surface area contributed by atoms with Crippen LogP contribution in [0, 0.1) is 11.7 Å². The van der Waals surface area contributed by atoms with Gasteiger partial charge in [-0.2, -0.15) is 0 Å². The highest BCUT2D eigenvalue weighted by Crippen LogP contribution is 2.13. The van der Waals surface area contributed by atoms with Gasteiger partial charge in [-0.1, -0.05) is 12.1 Å². The van der Waals surface area contributed by atoms with Gasteiger partial charge < -0.3 is 4.98 Å². The summed E-state index contributed by atoms with van der Waals surface area (Å²) in [4.78, 5) is 20.9. The Balaban J connectivity index is 2.18. The van der Waals surface area contributed by atoms with E-state index in [4.69, 9.17) is 12.2 Å². The molecule has 0 bridgehead atoms. The van der Waals surface area contributed by atoms with Crippen LogP contribution in [-0.2, 0) is 6.54 Å². The van der Waals surface area contributed by atoms with E-state index in [9.17, 15) is 4.79 Å². The fraction of sp³-hybridized carbons (Fsp3) is 0.154. The summed E-state index contributed by atoms with van der Waals surface area (Å²) in [6.07, 6.45) is 1.80. The SMILES string of the molecule is Cc1cnc(Cn2c(=S)[nH]c3ccccc3c2=O)s1. The molecule has 0 atom stereocenters. The Morgan fingerprint density at radius 3 is 2.95 bits per heavy atom. The van der Waals surface area contributed by atoms with Crippen molar-refractivity contribution in [3.63, 3.8) is 0 Å². The second-order valence-electron chi connectivity index (χ2n) is 4.23. The van der Waals surface area contributed by atoms with E-state index < -0.39 is 0 Å². The number of aromatic amines is 1. The summed E-state index contributed by atoms with van der Waals surface area (Å²) in [6.45, 7) is 2.41. The molecule has 6 heteroatoms. The first kappa shape index (κ1) is 12.3. The van der Waals surface area contributed by atoms with Crippen LogP contribution in [0.4, 0.5) is 0 Å². The molecule has 3 aromatic rings. The van der Waals surface area contributed by atoms with Crippen LogP contribution in [0.15, 0.2) is 35.3 Å². The molecule has 2 aromatic heterocycles. The second kappa shape index (κ2) is 4.71. The number of para-hydroxylation sites is 1. The summed E-state index contributed by atoms with van der Waals surface area (Å²) in [5, 5.41) is 1.53. The highest BCUT2D eigenvalue weighted by atomic mass is 32.1. The van der Waals surface area contributed by atoms with Crippen molar-refractivity contribution in [2.24, 2.45) is 0 Å². The molecule has 3 rings (SSSR count). The summed E-state index contributed by atoms with van der Waals surface area (Å²) < 4.78 is 1.98. The Morgan fingerprint density at radius 1 is 1.42 bits per heavy atom. The number of thiazole rings is 1. The minimum Gasteiger partial charge on any atom is -0.332 e. The van der Waals surface area contributed by atoms with Gasteiger partial charge in [0.2, 0.25) is 0 Å².